The standard InChI is InChI=1S/C27H18N8O4/c28-14-19-15-30-35(21-12-17(26(36)37)11-18(13-21)27(38)39)25(19)32-31-23-22(16-7-3-1-4-8-16)33-34(24(23)29)20-9-5-2-6-10-20/h1-13,15H,29H2,(H,36,37)(H,38,39). The summed E-state index contributed by atoms with van der Waals surface area (Å²) in [6.45, 7) is 0. The summed E-state index contributed by atoms with van der Waals surface area (Å²) in [4.78, 5) is 23.2. The molecule has 0 amide bonds. The minimum absolute atomic E-state index is 0.0200. The summed E-state index contributed by atoms with van der Waals surface area (Å²) in [5, 5.41) is 46.0. The molecule has 0 spiro atoms. The van der Waals surface area contributed by atoms with Crippen LogP contribution in [0, 0.1) is 11.3 Å². The predicted molar refractivity (Wildman–Crippen MR) is 140 cm³/mol. The number of aromatic nitrogens is 4. The van der Waals surface area contributed by atoms with Crippen LogP contribution >= 0.6 is 0 Å². The highest BCUT2D eigenvalue weighted by Crippen LogP contribution is 2.38. The van der Waals surface area contributed by atoms with Crippen LogP contribution in [0.2, 0.25) is 0 Å². The summed E-state index contributed by atoms with van der Waals surface area (Å²) in [5.41, 5.74) is 8.09. The SMILES string of the molecule is N#Cc1cnn(-c2cc(C(=O)O)cc(C(=O)O)c2)c1N=Nc1c(-c2ccccc2)nn(-c2ccccc2)c1N. The summed E-state index contributed by atoms with van der Waals surface area (Å²) in [5.74, 6) is -2.52. The molecule has 190 valence electrons. The maximum absolute atomic E-state index is 11.6. The lowest BCUT2D eigenvalue weighted by Crippen LogP contribution is -2.06. The van der Waals surface area contributed by atoms with Gasteiger partial charge >= 0.3 is 11.9 Å². The number of carboxylic acid groups (broad SMARTS) is 2. The number of carboxylic acids is 2. The van der Waals surface area contributed by atoms with Crippen molar-refractivity contribution in [3.05, 3.63) is 102 Å². The van der Waals surface area contributed by atoms with Gasteiger partial charge in [0.25, 0.3) is 0 Å². The normalized spacial score (nSPS) is 10.9. The molecule has 5 rings (SSSR count). The molecule has 0 aliphatic rings. The van der Waals surface area contributed by atoms with Crippen LogP contribution in [0.3, 0.4) is 0 Å². The molecule has 5 aromatic rings. The zero-order chi connectivity index (χ0) is 27.5. The van der Waals surface area contributed by atoms with E-state index >= 15 is 0 Å². The molecule has 12 heteroatoms. The molecule has 0 fully saturated rings. The number of nitrogen functional groups attached to an aromatic ring is 1. The predicted octanol–water partition coefficient (Wildman–Crippen LogP) is 4.99. The number of rotatable bonds is 7. The van der Waals surface area contributed by atoms with Crippen LogP contribution in [0.4, 0.5) is 17.3 Å². The topological polar surface area (TPSA) is 185 Å². The van der Waals surface area contributed by atoms with Crippen molar-refractivity contribution in [2.45, 2.75) is 0 Å². The molecule has 0 saturated carbocycles. The Morgan fingerprint density at radius 2 is 1.46 bits per heavy atom. The van der Waals surface area contributed by atoms with E-state index in [4.69, 9.17) is 5.73 Å². The van der Waals surface area contributed by atoms with Crippen molar-refractivity contribution in [2.24, 2.45) is 10.2 Å². The highest BCUT2D eigenvalue weighted by atomic mass is 16.4. The molecule has 0 aliphatic heterocycles. The maximum Gasteiger partial charge on any atom is 0.335 e. The smallest absolute Gasteiger partial charge is 0.335 e. The van der Waals surface area contributed by atoms with E-state index < -0.39 is 11.9 Å². The quantitative estimate of drug-likeness (QED) is 0.251. The van der Waals surface area contributed by atoms with Crippen LogP contribution in [0.5, 0.6) is 0 Å². The summed E-state index contributed by atoms with van der Waals surface area (Å²) >= 11 is 0. The largest absolute Gasteiger partial charge is 0.478 e. The average molecular weight is 518 g/mol. The van der Waals surface area contributed by atoms with Crippen molar-refractivity contribution in [1.82, 2.24) is 19.6 Å². The van der Waals surface area contributed by atoms with Crippen LogP contribution in [0.1, 0.15) is 26.3 Å². The third kappa shape index (κ3) is 4.70. The summed E-state index contributed by atoms with van der Waals surface area (Å²) in [7, 11) is 0. The Morgan fingerprint density at radius 1 is 0.846 bits per heavy atom. The first-order valence-corrected chi connectivity index (χ1v) is 11.4. The zero-order valence-corrected chi connectivity index (χ0v) is 20.0. The number of carbonyl (C=O) groups is 2. The minimum atomic E-state index is -1.33. The van der Waals surface area contributed by atoms with E-state index in [9.17, 15) is 25.1 Å². The number of para-hydroxylation sites is 1. The maximum atomic E-state index is 11.6. The van der Waals surface area contributed by atoms with Crippen molar-refractivity contribution < 1.29 is 19.8 Å². The summed E-state index contributed by atoms with van der Waals surface area (Å²) < 4.78 is 2.66. The molecule has 2 aromatic heterocycles. The Morgan fingerprint density at radius 3 is 2.05 bits per heavy atom. The molecule has 0 unspecified atom stereocenters. The number of benzene rings is 3. The number of hydrogen-bond donors (Lipinski definition) is 3. The molecule has 3 aromatic carbocycles. The molecular weight excluding hydrogens is 500 g/mol. The number of nitriles is 1. The van der Waals surface area contributed by atoms with Gasteiger partial charge in [0, 0.05) is 5.56 Å². The highest BCUT2D eigenvalue weighted by Gasteiger charge is 2.21. The van der Waals surface area contributed by atoms with Crippen molar-refractivity contribution in [1.29, 1.82) is 5.26 Å². The van der Waals surface area contributed by atoms with Gasteiger partial charge < -0.3 is 15.9 Å². The van der Waals surface area contributed by atoms with E-state index in [1.54, 1.807) is 0 Å². The number of aromatic carboxylic acids is 2. The lowest BCUT2D eigenvalue weighted by atomic mass is 10.1. The van der Waals surface area contributed by atoms with Gasteiger partial charge in [0.15, 0.2) is 17.3 Å². The van der Waals surface area contributed by atoms with Crippen LogP contribution in [0.25, 0.3) is 22.6 Å². The summed E-state index contributed by atoms with van der Waals surface area (Å²) in [6.07, 6.45) is 1.22. The van der Waals surface area contributed by atoms with E-state index in [0.29, 0.717) is 11.4 Å². The van der Waals surface area contributed by atoms with Crippen molar-refractivity contribution in [3.8, 4) is 28.7 Å². The third-order valence-corrected chi connectivity index (χ3v) is 5.71. The Bertz CT molecular complexity index is 1750. The van der Waals surface area contributed by atoms with Crippen LogP contribution in [0.15, 0.2) is 95.3 Å². The Hall–Kier alpha value is -6.09. The van der Waals surface area contributed by atoms with Gasteiger partial charge in [-0.05, 0) is 30.3 Å². The molecule has 0 radical (unpaired) electrons. The number of nitrogens with two attached hydrogens (primary N) is 1. The van der Waals surface area contributed by atoms with Gasteiger partial charge in [-0.3, -0.25) is 0 Å². The molecule has 0 atom stereocenters. The fraction of sp³-hybridized carbons (Fsp3) is 0. The van der Waals surface area contributed by atoms with Crippen LogP contribution < -0.4 is 5.73 Å². The van der Waals surface area contributed by atoms with Gasteiger partial charge in [0.05, 0.1) is 28.7 Å². The van der Waals surface area contributed by atoms with Crippen LogP contribution in [-0.2, 0) is 0 Å². The number of anilines is 1. The van der Waals surface area contributed by atoms with E-state index in [0.717, 1.165) is 16.3 Å². The molecule has 12 nitrogen and oxygen atoms in total. The third-order valence-electron chi connectivity index (χ3n) is 5.71. The summed E-state index contributed by atoms with van der Waals surface area (Å²) in [6, 6.07) is 23.9. The first-order valence-electron chi connectivity index (χ1n) is 11.4. The number of azo groups is 1. The van der Waals surface area contributed by atoms with E-state index in [-0.39, 0.29) is 39.7 Å². The fourth-order valence-corrected chi connectivity index (χ4v) is 3.86. The van der Waals surface area contributed by atoms with E-state index in [1.165, 1.54) is 23.0 Å². The van der Waals surface area contributed by atoms with Gasteiger partial charge in [0.1, 0.15) is 17.3 Å². The second-order valence-electron chi connectivity index (χ2n) is 8.18. The number of hydrogen-bond acceptors (Lipinski definition) is 8. The van der Waals surface area contributed by atoms with Crippen molar-refractivity contribution >= 4 is 29.3 Å². The van der Waals surface area contributed by atoms with Gasteiger partial charge in [-0.2, -0.15) is 15.5 Å². The molecule has 4 N–H and O–H groups in total. The van der Waals surface area contributed by atoms with Gasteiger partial charge in [0.2, 0.25) is 0 Å². The monoisotopic (exact) mass is 518 g/mol. The second kappa shape index (κ2) is 10.1. The molecule has 39 heavy (non-hydrogen) atoms. The van der Waals surface area contributed by atoms with Gasteiger partial charge in [-0.15, -0.1) is 10.2 Å². The van der Waals surface area contributed by atoms with Gasteiger partial charge in [-0.25, -0.2) is 19.0 Å². The van der Waals surface area contributed by atoms with Crippen LogP contribution in [-0.4, -0.2) is 41.7 Å². The first kappa shape index (κ1) is 24.6. The minimum Gasteiger partial charge on any atom is -0.478 e. The van der Waals surface area contributed by atoms with E-state index in [2.05, 4.69) is 20.4 Å². The average Bonchev–Trinajstić information content (AvgIpc) is 3.52. The Balaban J connectivity index is 1.67. The lowest BCUT2D eigenvalue weighted by molar-refractivity contribution is 0.0696. The lowest BCUT2D eigenvalue weighted by Gasteiger charge is -2.07. The number of nitrogens with zero attached hydrogens (tertiary/aromatic N) is 7. The van der Waals surface area contributed by atoms with Crippen molar-refractivity contribution in [2.75, 3.05) is 5.73 Å². The van der Waals surface area contributed by atoms with Gasteiger partial charge in [-0.1, -0.05) is 48.5 Å². The molecule has 0 saturated heterocycles. The first-order chi connectivity index (χ1) is 18.9. The molecule has 0 aliphatic carbocycles. The fourth-order valence-electron chi connectivity index (χ4n) is 3.86. The molecule has 2 heterocycles. The van der Waals surface area contributed by atoms with Crippen molar-refractivity contribution in [3.63, 3.8) is 0 Å². The zero-order valence-electron chi connectivity index (χ0n) is 20.0. The highest BCUT2D eigenvalue weighted by molar-refractivity contribution is 5.95. The molecule has 0 bridgehead atoms. The van der Waals surface area contributed by atoms with E-state index in [1.807, 2.05) is 66.7 Å². The Labute approximate surface area is 220 Å². The second-order valence-corrected chi connectivity index (χ2v) is 8.18. The Kier molecular flexibility index (Phi) is 6.38. The molecular formula is C27H18N8O4.